The maximum absolute atomic E-state index is 6.40. The van der Waals surface area contributed by atoms with E-state index in [0.717, 1.165) is 61.4 Å². The molecule has 0 aromatic carbocycles. The molecule has 0 fully saturated rings. The van der Waals surface area contributed by atoms with Crippen LogP contribution < -0.4 is 16.0 Å². The molecule has 1 aromatic heterocycles. The fraction of sp³-hybridized carbons (Fsp3) is 0.444. The third-order valence-corrected chi connectivity index (χ3v) is 5.18. The molecule has 0 radical (unpaired) electrons. The van der Waals surface area contributed by atoms with Crippen molar-refractivity contribution in [1.29, 1.82) is 0 Å². The summed E-state index contributed by atoms with van der Waals surface area (Å²) in [5, 5.41) is 3.13. The molecule has 1 rings (SSSR count). The quantitative estimate of drug-likeness (QED) is 0.185. The number of nitrogens with two attached hydrogens (primary N) is 1. The number of pyridine rings is 1. The number of aromatic nitrogens is 1. The van der Waals surface area contributed by atoms with Crippen LogP contribution in [0.15, 0.2) is 62.6 Å². The molecule has 8 nitrogen and oxygen atoms in total. The number of aliphatic imine (C=N–C) groups is 4. The SMILES string of the molecule is C=C(NC=N/C=C\N=CC)N(CCCCC)c1nc(/C(C)=C(\CC)N=C(CC)N=CC)ccc1N. The molecule has 3 N–H and O–H groups in total. The van der Waals surface area contributed by atoms with Crippen molar-refractivity contribution in [2.75, 3.05) is 17.2 Å². The van der Waals surface area contributed by atoms with Crippen molar-refractivity contribution in [2.45, 2.75) is 73.6 Å². The average molecular weight is 479 g/mol. The van der Waals surface area contributed by atoms with Crippen LogP contribution in [0.1, 0.15) is 79.3 Å². The molecule has 35 heavy (non-hydrogen) atoms. The van der Waals surface area contributed by atoms with Gasteiger partial charge >= 0.3 is 0 Å². The summed E-state index contributed by atoms with van der Waals surface area (Å²) in [6.07, 6.45) is 13.0. The van der Waals surface area contributed by atoms with E-state index in [2.05, 4.69) is 47.6 Å². The Morgan fingerprint density at radius 2 is 1.83 bits per heavy atom. The zero-order chi connectivity index (χ0) is 26.1. The maximum Gasteiger partial charge on any atom is 0.158 e. The van der Waals surface area contributed by atoms with E-state index in [-0.39, 0.29) is 0 Å². The fourth-order valence-corrected chi connectivity index (χ4v) is 3.25. The lowest BCUT2D eigenvalue weighted by molar-refractivity contribution is 0.695. The lowest BCUT2D eigenvalue weighted by atomic mass is 10.1. The summed E-state index contributed by atoms with van der Waals surface area (Å²) in [5.74, 6) is 2.11. The number of nitrogen functional groups attached to an aromatic ring is 1. The number of nitrogens with zero attached hydrogens (tertiary/aromatic N) is 6. The second-order valence-electron chi connectivity index (χ2n) is 7.74. The third-order valence-electron chi connectivity index (χ3n) is 5.18. The van der Waals surface area contributed by atoms with Gasteiger partial charge in [0.2, 0.25) is 0 Å². The van der Waals surface area contributed by atoms with Crippen molar-refractivity contribution in [3.8, 4) is 0 Å². The second kappa shape index (κ2) is 17.0. The Kier molecular flexibility index (Phi) is 14.3. The Morgan fingerprint density at radius 1 is 1.09 bits per heavy atom. The molecule has 8 heteroatoms. The molecule has 1 aromatic rings. The van der Waals surface area contributed by atoms with Crippen LogP contribution in [0.2, 0.25) is 0 Å². The first-order chi connectivity index (χ1) is 16.9. The molecule has 0 saturated heterocycles. The number of nitrogens with one attached hydrogen (secondary N) is 1. The van der Waals surface area contributed by atoms with E-state index in [0.29, 0.717) is 17.3 Å². The lowest BCUT2D eigenvalue weighted by Gasteiger charge is -2.27. The fourth-order valence-electron chi connectivity index (χ4n) is 3.25. The number of anilines is 2. The maximum atomic E-state index is 6.40. The van der Waals surface area contributed by atoms with Crippen molar-refractivity contribution < 1.29 is 0 Å². The normalized spacial score (nSPS) is 13.4. The van der Waals surface area contributed by atoms with Gasteiger partial charge in [0.05, 0.1) is 17.7 Å². The Labute approximate surface area is 211 Å². The summed E-state index contributed by atoms with van der Waals surface area (Å²) in [4.78, 5) is 24.3. The number of amidine groups is 1. The molecule has 0 spiro atoms. The summed E-state index contributed by atoms with van der Waals surface area (Å²) in [6.45, 7) is 17.0. The zero-order valence-corrected chi connectivity index (χ0v) is 22.3. The van der Waals surface area contributed by atoms with Crippen LogP contribution in [0.4, 0.5) is 11.5 Å². The number of allylic oxidation sites excluding steroid dienone is 2. The molecule has 0 atom stereocenters. The largest absolute Gasteiger partial charge is 0.396 e. The van der Waals surface area contributed by atoms with Crippen LogP contribution in [-0.4, -0.2) is 36.1 Å². The summed E-state index contributed by atoms with van der Waals surface area (Å²) < 4.78 is 0. The van der Waals surface area contributed by atoms with Gasteiger partial charge in [-0.1, -0.05) is 40.2 Å². The summed E-state index contributed by atoms with van der Waals surface area (Å²) in [5.41, 5.74) is 9.77. The van der Waals surface area contributed by atoms with E-state index in [1.54, 1.807) is 31.2 Å². The third kappa shape index (κ3) is 10.1. The highest BCUT2D eigenvalue weighted by Gasteiger charge is 2.16. The van der Waals surface area contributed by atoms with Gasteiger partial charge in [-0.3, -0.25) is 4.99 Å². The van der Waals surface area contributed by atoms with Gasteiger partial charge in [0.25, 0.3) is 0 Å². The molecule has 0 aliphatic rings. The summed E-state index contributed by atoms with van der Waals surface area (Å²) in [6, 6.07) is 3.83. The molecular weight excluding hydrogens is 436 g/mol. The summed E-state index contributed by atoms with van der Waals surface area (Å²) >= 11 is 0. The lowest BCUT2D eigenvalue weighted by Crippen LogP contribution is -2.32. The molecule has 190 valence electrons. The number of rotatable bonds is 14. The van der Waals surface area contributed by atoms with Crippen molar-refractivity contribution in [3.05, 3.63) is 48.3 Å². The number of unbranched alkanes of at least 4 members (excludes halogenated alkanes) is 2. The first kappa shape index (κ1) is 29.5. The van der Waals surface area contributed by atoms with E-state index in [1.807, 2.05) is 37.8 Å². The van der Waals surface area contributed by atoms with Crippen molar-refractivity contribution >= 4 is 41.7 Å². The van der Waals surface area contributed by atoms with E-state index >= 15 is 0 Å². The Balaban J connectivity index is 3.37. The Bertz CT molecular complexity index is 983. The van der Waals surface area contributed by atoms with E-state index in [4.69, 9.17) is 15.7 Å². The number of hydrogen-bond donors (Lipinski definition) is 2. The van der Waals surface area contributed by atoms with Crippen LogP contribution in [0.25, 0.3) is 5.57 Å². The van der Waals surface area contributed by atoms with E-state index in [1.165, 1.54) is 0 Å². The van der Waals surface area contributed by atoms with Crippen LogP contribution >= 0.6 is 0 Å². The Morgan fingerprint density at radius 3 is 2.46 bits per heavy atom. The monoisotopic (exact) mass is 478 g/mol. The van der Waals surface area contributed by atoms with Crippen LogP contribution in [0.5, 0.6) is 0 Å². The molecular formula is C27H42N8. The molecule has 0 aliphatic heterocycles. The minimum atomic E-state index is 0.585. The average Bonchev–Trinajstić information content (AvgIpc) is 2.86. The van der Waals surface area contributed by atoms with Crippen molar-refractivity contribution in [2.24, 2.45) is 20.0 Å². The molecule has 1 heterocycles. The number of hydrogen-bond acceptors (Lipinski definition) is 6. The molecule has 0 aliphatic carbocycles. The highest BCUT2D eigenvalue weighted by atomic mass is 15.3. The van der Waals surface area contributed by atoms with Crippen molar-refractivity contribution in [1.82, 2.24) is 10.3 Å². The molecule has 0 saturated carbocycles. The van der Waals surface area contributed by atoms with Gasteiger partial charge in [-0.15, -0.1) is 0 Å². The van der Waals surface area contributed by atoms with Crippen LogP contribution in [0.3, 0.4) is 0 Å². The highest BCUT2D eigenvalue weighted by Crippen LogP contribution is 2.28. The zero-order valence-electron chi connectivity index (χ0n) is 22.3. The van der Waals surface area contributed by atoms with Gasteiger partial charge < -0.3 is 16.0 Å². The second-order valence-corrected chi connectivity index (χ2v) is 7.74. The predicted octanol–water partition coefficient (Wildman–Crippen LogP) is 6.35. The van der Waals surface area contributed by atoms with Gasteiger partial charge in [-0.2, -0.15) is 0 Å². The highest BCUT2D eigenvalue weighted by molar-refractivity contribution is 5.90. The molecule has 0 bridgehead atoms. The minimum Gasteiger partial charge on any atom is -0.396 e. The first-order valence-corrected chi connectivity index (χ1v) is 12.3. The van der Waals surface area contributed by atoms with Gasteiger partial charge in [-0.25, -0.2) is 20.0 Å². The Hall–Kier alpha value is -3.55. The standard InChI is InChI=1S/C27H42N8/c1-8-13-14-19-35(22(7)32-20-30-18-17-29-11-4)27-23(28)15-16-25(34-27)21(6)24(9-2)33-26(10-3)31-12-5/h11-12,15-18,20H,7-10,13-14,19,28H2,1-6H3,(H,30,32)/b18-17-,24-21+,29-11?,31-12?,33-26?. The van der Waals surface area contributed by atoms with E-state index < -0.39 is 0 Å². The smallest absolute Gasteiger partial charge is 0.158 e. The first-order valence-electron chi connectivity index (χ1n) is 12.3. The molecule has 0 unspecified atom stereocenters. The topological polar surface area (TPSA) is 104 Å². The van der Waals surface area contributed by atoms with Gasteiger partial charge in [0, 0.05) is 43.5 Å². The summed E-state index contributed by atoms with van der Waals surface area (Å²) in [7, 11) is 0. The van der Waals surface area contributed by atoms with Crippen molar-refractivity contribution in [3.63, 3.8) is 0 Å². The minimum absolute atomic E-state index is 0.585. The predicted molar refractivity (Wildman–Crippen MR) is 154 cm³/mol. The van der Waals surface area contributed by atoms with Crippen LogP contribution in [0, 0.1) is 0 Å². The molecule has 0 amide bonds. The van der Waals surface area contributed by atoms with E-state index in [9.17, 15) is 0 Å². The van der Waals surface area contributed by atoms with Gasteiger partial charge in [0.15, 0.2) is 5.82 Å². The van der Waals surface area contributed by atoms with Gasteiger partial charge in [0.1, 0.15) is 11.7 Å². The van der Waals surface area contributed by atoms with Gasteiger partial charge in [-0.05, 0) is 51.3 Å². The van der Waals surface area contributed by atoms with Crippen LogP contribution in [-0.2, 0) is 0 Å².